The molecule has 1 fully saturated rings. The Morgan fingerprint density at radius 2 is 1.65 bits per heavy atom. The summed E-state index contributed by atoms with van der Waals surface area (Å²) in [7, 11) is 0. The Bertz CT molecular complexity index is 1130. The Labute approximate surface area is 196 Å². The summed E-state index contributed by atoms with van der Waals surface area (Å²) in [5.41, 5.74) is 1.93. The van der Waals surface area contributed by atoms with Crippen molar-refractivity contribution < 1.29 is 26.7 Å². The van der Waals surface area contributed by atoms with Gasteiger partial charge in [-0.05, 0) is 72.2 Å². The Morgan fingerprint density at radius 1 is 0.882 bits per heavy atom. The van der Waals surface area contributed by atoms with Crippen LogP contribution in [0.5, 0.6) is 5.75 Å². The maximum absolute atomic E-state index is 15.1. The van der Waals surface area contributed by atoms with Gasteiger partial charge in [0.2, 0.25) is 0 Å². The van der Waals surface area contributed by atoms with Gasteiger partial charge in [-0.2, -0.15) is 0 Å². The molecule has 0 radical (unpaired) electrons. The lowest BCUT2D eigenvalue weighted by molar-refractivity contribution is -0.275. The van der Waals surface area contributed by atoms with Gasteiger partial charge in [0.25, 0.3) is 0 Å². The first-order chi connectivity index (χ1) is 16.2. The number of ether oxygens (including phenoxy) is 1. The number of fused-ring (bicyclic) bond motifs is 1. The topological polar surface area (TPSA) is 9.23 Å². The van der Waals surface area contributed by atoms with Gasteiger partial charge >= 0.3 is 6.36 Å². The van der Waals surface area contributed by atoms with E-state index in [0.29, 0.717) is 22.4 Å². The molecule has 3 aromatic rings. The van der Waals surface area contributed by atoms with Crippen molar-refractivity contribution in [3.63, 3.8) is 0 Å². The van der Waals surface area contributed by atoms with Crippen LogP contribution in [0.3, 0.4) is 0 Å². The monoisotopic (exact) mass is 476 g/mol. The van der Waals surface area contributed by atoms with Crippen molar-refractivity contribution in [3.05, 3.63) is 65.7 Å². The highest BCUT2D eigenvalue weighted by molar-refractivity contribution is 5.89. The van der Waals surface area contributed by atoms with Crippen molar-refractivity contribution in [1.29, 1.82) is 0 Å². The predicted molar refractivity (Wildman–Crippen MR) is 125 cm³/mol. The third-order valence-electron chi connectivity index (χ3n) is 6.98. The number of halogens is 5. The smallest absolute Gasteiger partial charge is 0.403 e. The van der Waals surface area contributed by atoms with Crippen LogP contribution in [0.15, 0.2) is 48.5 Å². The van der Waals surface area contributed by atoms with Gasteiger partial charge in [-0.15, -0.1) is 13.2 Å². The minimum Gasteiger partial charge on any atom is -0.403 e. The quantitative estimate of drug-likeness (QED) is 0.244. The molecule has 4 rings (SSSR count). The fourth-order valence-electron chi connectivity index (χ4n) is 5.13. The van der Waals surface area contributed by atoms with Crippen LogP contribution < -0.4 is 4.74 Å². The molecule has 1 nitrogen and oxygen atoms in total. The fourth-order valence-corrected chi connectivity index (χ4v) is 5.13. The fraction of sp³-hybridized carbons (Fsp3) is 0.429. The second-order valence-electron chi connectivity index (χ2n) is 9.31. The molecule has 0 aliphatic heterocycles. The number of unbranched alkanes of at least 4 members (excludes halogenated alkanes) is 2. The van der Waals surface area contributed by atoms with E-state index in [1.165, 1.54) is 56.7 Å². The number of hydrogen-bond donors (Lipinski definition) is 0. The first kappa shape index (κ1) is 24.5. The summed E-state index contributed by atoms with van der Waals surface area (Å²) < 4.78 is 70.7. The highest BCUT2D eigenvalue weighted by Crippen LogP contribution is 2.39. The van der Waals surface area contributed by atoms with Gasteiger partial charge in [-0.3, -0.25) is 0 Å². The Kier molecular flexibility index (Phi) is 7.44. The molecule has 1 saturated carbocycles. The molecule has 0 heterocycles. The normalized spacial score (nSPS) is 18.9. The van der Waals surface area contributed by atoms with E-state index in [4.69, 9.17) is 0 Å². The average Bonchev–Trinajstić information content (AvgIpc) is 2.80. The van der Waals surface area contributed by atoms with Gasteiger partial charge < -0.3 is 4.74 Å². The second-order valence-corrected chi connectivity index (χ2v) is 9.31. The van der Waals surface area contributed by atoms with Crippen molar-refractivity contribution in [3.8, 4) is 16.9 Å². The van der Waals surface area contributed by atoms with E-state index in [1.807, 2.05) is 6.07 Å². The lowest BCUT2D eigenvalue weighted by Crippen LogP contribution is -2.17. The summed E-state index contributed by atoms with van der Waals surface area (Å²) in [6.07, 6.45) is 4.66. The van der Waals surface area contributed by atoms with Crippen LogP contribution in [0.4, 0.5) is 22.0 Å². The molecular weight excluding hydrogens is 447 g/mol. The molecular formula is C28H29F5O. The third-order valence-corrected chi connectivity index (χ3v) is 6.98. The molecule has 182 valence electrons. The van der Waals surface area contributed by atoms with Crippen LogP contribution in [0.1, 0.15) is 69.8 Å². The van der Waals surface area contributed by atoms with E-state index in [1.54, 1.807) is 18.2 Å². The minimum atomic E-state index is -4.98. The summed E-state index contributed by atoms with van der Waals surface area (Å²) in [6, 6.07) is 12.0. The molecule has 3 aromatic carbocycles. The molecule has 0 unspecified atom stereocenters. The first-order valence-corrected chi connectivity index (χ1v) is 12.0. The molecule has 0 saturated heterocycles. The number of alkyl halides is 3. The van der Waals surface area contributed by atoms with E-state index in [-0.39, 0.29) is 11.2 Å². The van der Waals surface area contributed by atoms with Gasteiger partial charge in [0.15, 0.2) is 11.6 Å². The van der Waals surface area contributed by atoms with Crippen molar-refractivity contribution in [2.75, 3.05) is 0 Å². The summed E-state index contributed by atoms with van der Waals surface area (Å²) in [5.74, 6) is -1.18. The molecule has 0 N–H and O–H groups in total. The number of rotatable bonds is 7. The lowest BCUT2D eigenvalue weighted by Gasteiger charge is -2.29. The number of hydrogen-bond acceptors (Lipinski definition) is 1. The zero-order valence-electron chi connectivity index (χ0n) is 19.2. The van der Waals surface area contributed by atoms with E-state index >= 15 is 4.39 Å². The minimum absolute atomic E-state index is 0.0155. The molecule has 0 aromatic heterocycles. The molecule has 6 heteroatoms. The Hall–Kier alpha value is -2.63. The molecule has 0 atom stereocenters. The highest BCUT2D eigenvalue weighted by atomic mass is 19.4. The maximum Gasteiger partial charge on any atom is 0.573 e. The van der Waals surface area contributed by atoms with Crippen molar-refractivity contribution in [1.82, 2.24) is 0 Å². The van der Waals surface area contributed by atoms with Gasteiger partial charge in [-0.25, -0.2) is 8.78 Å². The molecule has 0 amide bonds. The van der Waals surface area contributed by atoms with Crippen molar-refractivity contribution in [2.24, 2.45) is 5.92 Å². The molecule has 34 heavy (non-hydrogen) atoms. The summed E-state index contributed by atoms with van der Waals surface area (Å²) >= 11 is 0. The van der Waals surface area contributed by atoms with E-state index in [0.717, 1.165) is 30.4 Å². The van der Waals surface area contributed by atoms with Crippen molar-refractivity contribution in [2.45, 2.75) is 70.6 Å². The summed E-state index contributed by atoms with van der Waals surface area (Å²) in [4.78, 5) is 0. The maximum atomic E-state index is 15.1. The molecule has 0 bridgehead atoms. The average molecular weight is 477 g/mol. The highest BCUT2D eigenvalue weighted by Gasteiger charge is 2.32. The van der Waals surface area contributed by atoms with Gasteiger partial charge in [-0.1, -0.05) is 62.9 Å². The van der Waals surface area contributed by atoms with E-state index < -0.39 is 17.9 Å². The van der Waals surface area contributed by atoms with Crippen LogP contribution in [-0.2, 0) is 0 Å². The Morgan fingerprint density at radius 3 is 2.32 bits per heavy atom. The second kappa shape index (κ2) is 10.3. The molecule has 1 aliphatic rings. The first-order valence-electron chi connectivity index (χ1n) is 12.0. The van der Waals surface area contributed by atoms with E-state index in [9.17, 15) is 17.6 Å². The summed E-state index contributed by atoms with van der Waals surface area (Å²) in [6.45, 7) is 2.22. The molecule has 0 spiro atoms. The summed E-state index contributed by atoms with van der Waals surface area (Å²) in [5, 5.41) is 0.354. The third kappa shape index (κ3) is 5.70. The Balaban J connectivity index is 1.49. The SMILES string of the molecule is CCCCC[C@H]1CC[C@H](c2ccc(-c3ccc4c(F)c(OC(F)(F)F)ccc4c3)c(F)c2)CC1. The zero-order valence-corrected chi connectivity index (χ0v) is 19.2. The molecule has 1 aliphatic carbocycles. The largest absolute Gasteiger partial charge is 0.573 e. The lowest BCUT2D eigenvalue weighted by atomic mass is 9.77. The van der Waals surface area contributed by atoms with Gasteiger partial charge in [0, 0.05) is 10.9 Å². The van der Waals surface area contributed by atoms with Crippen LogP contribution in [-0.4, -0.2) is 6.36 Å². The zero-order chi connectivity index (χ0) is 24.3. The van der Waals surface area contributed by atoms with Crippen LogP contribution in [0.25, 0.3) is 21.9 Å². The van der Waals surface area contributed by atoms with Crippen molar-refractivity contribution >= 4 is 10.8 Å². The van der Waals surface area contributed by atoms with E-state index in [2.05, 4.69) is 11.7 Å². The van der Waals surface area contributed by atoms with Crippen LogP contribution in [0.2, 0.25) is 0 Å². The predicted octanol–water partition coefficient (Wildman–Crippen LogP) is 9.54. The van der Waals surface area contributed by atoms with Crippen LogP contribution >= 0.6 is 0 Å². The standard InChI is InChI=1S/C28H29F5O/c1-2-3-4-5-18-6-8-19(9-7-18)20-10-13-23(25(29)17-20)21-11-14-24-22(16-21)12-15-26(27(24)30)34-28(31,32)33/h10-19H,2-9H2,1H3/t18-,19-. The number of benzene rings is 3. The van der Waals surface area contributed by atoms with Gasteiger partial charge in [0.05, 0.1) is 0 Å². The van der Waals surface area contributed by atoms with Crippen LogP contribution in [0, 0.1) is 17.6 Å². The van der Waals surface area contributed by atoms with Gasteiger partial charge in [0.1, 0.15) is 5.82 Å².